The van der Waals surface area contributed by atoms with Crippen LogP contribution in [0.3, 0.4) is 0 Å². The Labute approximate surface area is 124 Å². The predicted octanol–water partition coefficient (Wildman–Crippen LogP) is 1.58. The van der Waals surface area contributed by atoms with Gasteiger partial charge in [0.25, 0.3) is 0 Å². The van der Waals surface area contributed by atoms with Crippen LogP contribution < -0.4 is 0 Å². The van der Waals surface area contributed by atoms with Crippen molar-refractivity contribution in [2.75, 3.05) is 13.7 Å². The molecular weight excluding hydrogens is 274 g/mol. The zero-order valence-corrected chi connectivity index (χ0v) is 12.5. The second-order valence-corrected chi connectivity index (χ2v) is 6.08. The van der Waals surface area contributed by atoms with E-state index in [0.29, 0.717) is 12.8 Å². The van der Waals surface area contributed by atoms with Crippen LogP contribution in [0.2, 0.25) is 0 Å². The van der Waals surface area contributed by atoms with E-state index < -0.39 is 17.4 Å². The quantitative estimate of drug-likeness (QED) is 0.779. The fourth-order valence-electron chi connectivity index (χ4n) is 3.52. The first-order valence-corrected chi connectivity index (χ1v) is 7.60. The number of imide groups is 1. The van der Waals surface area contributed by atoms with Crippen molar-refractivity contribution in [2.45, 2.75) is 57.4 Å². The second kappa shape index (κ2) is 6.56. The first-order chi connectivity index (χ1) is 10.0. The summed E-state index contributed by atoms with van der Waals surface area (Å²) in [6.45, 7) is 0.209. The highest BCUT2D eigenvalue weighted by Gasteiger charge is 2.54. The maximum Gasteiger partial charge on any atom is 0.327 e. The van der Waals surface area contributed by atoms with E-state index in [9.17, 15) is 19.5 Å². The number of ether oxygens (including phenoxy) is 1. The summed E-state index contributed by atoms with van der Waals surface area (Å²) in [6.07, 6.45) is 5.73. The van der Waals surface area contributed by atoms with Gasteiger partial charge in [0, 0.05) is 26.6 Å². The van der Waals surface area contributed by atoms with E-state index in [1.807, 2.05) is 0 Å². The smallest absolute Gasteiger partial charge is 0.327 e. The Morgan fingerprint density at radius 1 is 1.29 bits per heavy atom. The number of carboxylic acid groups (broad SMARTS) is 1. The molecule has 1 aliphatic carbocycles. The van der Waals surface area contributed by atoms with Crippen LogP contribution >= 0.6 is 0 Å². The standard InChI is InChI=1S/C15H23NO5/c1-21-9-6-11(13(18)19)16-12(17)10-15(14(16)20)7-4-2-3-5-8-15/h11H,2-10H2,1H3,(H,18,19). The van der Waals surface area contributed by atoms with Gasteiger partial charge in [-0.25, -0.2) is 4.79 Å². The molecule has 0 bridgehead atoms. The molecule has 1 spiro atoms. The Hall–Kier alpha value is -1.43. The fraction of sp³-hybridized carbons (Fsp3) is 0.800. The van der Waals surface area contributed by atoms with Crippen LogP contribution in [0.25, 0.3) is 0 Å². The van der Waals surface area contributed by atoms with E-state index in [2.05, 4.69) is 0 Å². The fourth-order valence-corrected chi connectivity index (χ4v) is 3.52. The first-order valence-electron chi connectivity index (χ1n) is 7.60. The van der Waals surface area contributed by atoms with E-state index in [1.54, 1.807) is 0 Å². The van der Waals surface area contributed by atoms with Gasteiger partial charge in [-0.2, -0.15) is 0 Å². The first kappa shape index (κ1) is 15.9. The highest BCUT2D eigenvalue weighted by molar-refractivity contribution is 6.08. The molecule has 1 unspecified atom stereocenters. The van der Waals surface area contributed by atoms with Crippen molar-refractivity contribution in [3.8, 4) is 0 Å². The minimum Gasteiger partial charge on any atom is -0.480 e. The van der Waals surface area contributed by atoms with Gasteiger partial charge < -0.3 is 9.84 Å². The van der Waals surface area contributed by atoms with E-state index in [1.165, 1.54) is 7.11 Å². The molecule has 0 aromatic heterocycles. The van der Waals surface area contributed by atoms with Crippen LogP contribution in [-0.4, -0.2) is 47.5 Å². The summed E-state index contributed by atoms with van der Waals surface area (Å²) in [4.78, 5) is 37.4. The minimum absolute atomic E-state index is 0.138. The van der Waals surface area contributed by atoms with Crippen LogP contribution in [0.15, 0.2) is 0 Å². The van der Waals surface area contributed by atoms with Crippen molar-refractivity contribution in [2.24, 2.45) is 5.41 Å². The molecule has 1 aliphatic heterocycles. The summed E-state index contributed by atoms with van der Waals surface area (Å²) in [5.74, 6) is -1.76. The number of nitrogens with zero attached hydrogens (tertiary/aromatic N) is 1. The van der Waals surface area contributed by atoms with Crippen LogP contribution in [0.4, 0.5) is 0 Å². The third kappa shape index (κ3) is 3.10. The Kier molecular flexibility index (Phi) is 4.98. The molecule has 6 heteroatoms. The number of likely N-dealkylation sites (tertiary alicyclic amines) is 1. The van der Waals surface area contributed by atoms with Crippen LogP contribution in [0, 0.1) is 5.41 Å². The van der Waals surface area contributed by atoms with Crippen LogP contribution in [-0.2, 0) is 19.1 Å². The lowest BCUT2D eigenvalue weighted by Crippen LogP contribution is -2.47. The van der Waals surface area contributed by atoms with Crippen LogP contribution in [0.1, 0.15) is 51.4 Å². The van der Waals surface area contributed by atoms with Gasteiger partial charge in [-0.1, -0.05) is 25.7 Å². The molecule has 1 saturated carbocycles. The summed E-state index contributed by atoms with van der Waals surface area (Å²) in [5, 5.41) is 9.34. The van der Waals surface area contributed by atoms with Gasteiger partial charge in [0.1, 0.15) is 6.04 Å². The van der Waals surface area contributed by atoms with Gasteiger partial charge >= 0.3 is 5.97 Å². The number of methoxy groups -OCH3 is 1. The zero-order valence-electron chi connectivity index (χ0n) is 12.5. The average Bonchev–Trinajstić information content (AvgIpc) is 2.61. The molecule has 118 valence electrons. The lowest BCUT2D eigenvalue weighted by molar-refractivity contribution is -0.156. The molecule has 1 atom stereocenters. The minimum atomic E-state index is -1.14. The van der Waals surface area contributed by atoms with Crippen molar-refractivity contribution >= 4 is 17.8 Å². The molecule has 2 amide bonds. The number of carbonyl (C=O) groups excluding carboxylic acids is 2. The molecule has 0 aromatic rings. The predicted molar refractivity (Wildman–Crippen MR) is 74.5 cm³/mol. The number of hydrogen-bond acceptors (Lipinski definition) is 4. The Morgan fingerprint density at radius 2 is 1.90 bits per heavy atom. The van der Waals surface area contributed by atoms with Gasteiger partial charge in [-0.05, 0) is 12.8 Å². The molecule has 0 aromatic carbocycles. The van der Waals surface area contributed by atoms with E-state index in [-0.39, 0.29) is 31.3 Å². The maximum absolute atomic E-state index is 12.8. The van der Waals surface area contributed by atoms with Crippen molar-refractivity contribution in [1.29, 1.82) is 0 Å². The van der Waals surface area contributed by atoms with Crippen molar-refractivity contribution < 1.29 is 24.2 Å². The van der Waals surface area contributed by atoms with Crippen molar-refractivity contribution in [3.05, 3.63) is 0 Å². The number of carboxylic acids is 1. The molecule has 2 aliphatic rings. The topological polar surface area (TPSA) is 83.9 Å². The molecule has 0 radical (unpaired) electrons. The molecule has 2 fully saturated rings. The summed E-state index contributed by atoms with van der Waals surface area (Å²) in [6, 6.07) is -1.10. The average molecular weight is 297 g/mol. The summed E-state index contributed by atoms with van der Waals surface area (Å²) in [7, 11) is 1.47. The summed E-state index contributed by atoms with van der Waals surface area (Å²) < 4.78 is 4.90. The molecule has 21 heavy (non-hydrogen) atoms. The Morgan fingerprint density at radius 3 is 2.43 bits per heavy atom. The van der Waals surface area contributed by atoms with Crippen molar-refractivity contribution in [1.82, 2.24) is 4.90 Å². The molecule has 1 heterocycles. The van der Waals surface area contributed by atoms with E-state index >= 15 is 0 Å². The van der Waals surface area contributed by atoms with Crippen LogP contribution in [0.5, 0.6) is 0 Å². The number of amides is 2. The normalized spacial score (nSPS) is 23.4. The monoisotopic (exact) mass is 297 g/mol. The number of hydrogen-bond donors (Lipinski definition) is 1. The largest absolute Gasteiger partial charge is 0.480 e. The van der Waals surface area contributed by atoms with Gasteiger partial charge in [0.2, 0.25) is 11.8 Å². The number of rotatable bonds is 5. The molecule has 1 N–H and O–H groups in total. The highest BCUT2D eigenvalue weighted by atomic mass is 16.5. The number of carbonyl (C=O) groups is 3. The molecular formula is C15H23NO5. The Balaban J connectivity index is 2.21. The third-order valence-corrected chi connectivity index (χ3v) is 4.68. The zero-order chi connectivity index (χ0) is 15.5. The lowest BCUT2D eigenvalue weighted by atomic mass is 9.79. The SMILES string of the molecule is COCCC(C(=O)O)N1C(=O)CC2(CCCCCC2)C1=O. The van der Waals surface area contributed by atoms with Crippen molar-refractivity contribution in [3.63, 3.8) is 0 Å². The highest BCUT2D eigenvalue weighted by Crippen LogP contribution is 2.45. The molecule has 2 rings (SSSR count). The molecule has 1 saturated heterocycles. The lowest BCUT2D eigenvalue weighted by Gasteiger charge is -2.27. The molecule has 6 nitrogen and oxygen atoms in total. The van der Waals surface area contributed by atoms with E-state index in [4.69, 9.17) is 4.74 Å². The summed E-state index contributed by atoms with van der Waals surface area (Å²) in [5.41, 5.74) is -0.644. The van der Waals surface area contributed by atoms with Gasteiger partial charge in [-0.3, -0.25) is 14.5 Å². The number of aliphatic carboxylic acids is 1. The third-order valence-electron chi connectivity index (χ3n) is 4.68. The van der Waals surface area contributed by atoms with Gasteiger partial charge in [0.05, 0.1) is 5.41 Å². The van der Waals surface area contributed by atoms with Gasteiger partial charge in [-0.15, -0.1) is 0 Å². The van der Waals surface area contributed by atoms with E-state index in [0.717, 1.165) is 30.6 Å². The Bertz CT molecular complexity index is 426. The summed E-state index contributed by atoms with van der Waals surface area (Å²) >= 11 is 0. The second-order valence-electron chi connectivity index (χ2n) is 6.08. The maximum atomic E-state index is 12.8. The van der Waals surface area contributed by atoms with Gasteiger partial charge in [0.15, 0.2) is 0 Å².